The summed E-state index contributed by atoms with van der Waals surface area (Å²) in [6.45, 7) is 0.503. The van der Waals surface area contributed by atoms with Gasteiger partial charge < -0.3 is 4.90 Å². The Hall–Kier alpha value is -3.13. The van der Waals surface area contributed by atoms with Crippen LogP contribution in [0.5, 0.6) is 0 Å². The van der Waals surface area contributed by atoms with E-state index in [1.165, 1.54) is 11.7 Å². The van der Waals surface area contributed by atoms with E-state index in [0.29, 0.717) is 12.1 Å². The monoisotopic (exact) mass is 350 g/mol. The first-order valence-corrected chi connectivity index (χ1v) is 8.35. The van der Waals surface area contributed by atoms with Crippen LogP contribution in [0, 0.1) is 0 Å². The van der Waals surface area contributed by atoms with Gasteiger partial charge in [0.1, 0.15) is 23.7 Å². The molecule has 1 amide bonds. The lowest BCUT2D eigenvalue weighted by atomic mass is 10.1. The van der Waals surface area contributed by atoms with E-state index in [1.54, 1.807) is 35.2 Å². The molecule has 124 valence electrons. The molecule has 0 aliphatic heterocycles. The second kappa shape index (κ2) is 6.40. The maximum absolute atomic E-state index is 12.7. The smallest absolute Gasteiger partial charge is 0.253 e. The molecule has 0 fully saturated rings. The third kappa shape index (κ3) is 3.11. The van der Waals surface area contributed by atoms with Crippen molar-refractivity contribution in [3.63, 3.8) is 0 Å². The average Bonchev–Trinajstić information content (AvgIpc) is 3.32. The van der Waals surface area contributed by atoms with Gasteiger partial charge in [0.15, 0.2) is 0 Å². The van der Waals surface area contributed by atoms with Gasteiger partial charge in [-0.15, -0.1) is 10.2 Å². The summed E-state index contributed by atoms with van der Waals surface area (Å²) in [4.78, 5) is 14.4. The van der Waals surface area contributed by atoms with E-state index in [4.69, 9.17) is 0 Å². The van der Waals surface area contributed by atoms with Crippen LogP contribution in [0.2, 0.25) is 0 Å². The minimum atomic E-state index is -0.0496. The van der Waals surface area contributed by atoms with Gasteiger partial charge in [-0.3, -0.25) is 9.36 Å². The second-order valence-corrected chi connectivity index (χ2v) is 6.20. The Bertz CT molecular complexity index is 1030. The number of carbonyl (C=O) groups excluding carboxylic acids is 1. The quantitative estimate of drug-likeness (QED) is 0.565. The molecule has 7 nitrogen and oxygen atoms in total. The Morgan fingerprint density at radius 3 is 2.72 bits per heavy atom. The highest BCUT2D eigenvalue weighted by molar-refractivity contribution is 7.00. The Morgan fingerprint density at radius 2 is 1.88 bits per heavy atom. The number of hydrogen-bond donors (Lipinski definition) is 0. The minimum absolute atomic E-state index is 0.0496. The van der Waals surface area contributed by atoms with Crippen molar-refractivity contribution in [3.8, 4) is 5.69 Å². The predicted octanol–water partition coefficient (Wildman–Crippen LogP) is 2.54. The molecule has 0 aliphatic carbocycles. The van der Waals surface area contributed by atoms with Crippen LogP contribution in [0.15, 0.2) is 55.1 Å². The van der Waals surface area contributed by atoms with Gasteiger partial charge in [0.25, 0.3) is 5.91 Å². The number of amides is 1. The van der Waals surface area contributed by atoms with Crippen molar-refractivity contribution < 1.29 is 4.79 Å². The van der Waals surface area contributed by atoms with Crippen LogP contribution >= 0.6 is 11.7 Å². The minimum Gasteiger partial charge on any atom is -0.337 e. The largest absolute Gasteiger partial charge is 0.337 e. The Balaban J connectivity index is 1.54. The summed E-state index contributed by atoms with van der Waals surface area (Å²) < 4.78 is 10.2. The highest BCUT2D eigenvalue weighted by atomic mass is 32.1. The highest BCUT2D eigenvalue weighted by Gasteiger charge is 2.13. The molecule has 0 saturated carbocycles. The summed E-state index contributed by atoms with van der Waals surface area (Å²) in [5.74, 6) is -0.0496. The number of carbonyl (C=O) groups is 1. The number of aromatic nitrogens is 5. The van der Waals surface area contributed by atoms with Gasteiger partial charge in [-0.05, 0) is 35.9 Å². The van der Waals surface area contributed by atoms with Crippen LogP contribution in [-0.4, -0.2) is 41.4 Å². The van der Waals surface area contributed by atoms with Crippen LogP contribution in [0.4, 0.5) is 0 Å². The van der Waals surface area contributed by atoms with Gasteiger partial charge in [0.2, 0.25) is 0 Å². The maximum atomic E-state index is 12.7. The summed E-state index contributed by atoms with van der Waals surface area (Å²) in [6.07, 6.45) is 3.20. The molecule has 0 N–H and O–H groups in total. The van der Waals surface area contributed by atoms with Crippen molar-refractivity contribution >= 4 is 28.7 Å². The Morgan fingerprint density at radius 1 is 1.08 bits per heavy atom. The van der Waals surface area contributed by atoms with Gasteiger partial charge >= 0.3 is 0 Å². The fourth-order valence-corrected chi connectivity index (χ4v) is 3.14. The number of benzene rings is 2. The van der Waals surface area contributed by atoms with E-state index in [1.807, 2.05) is 36.4 Å². The molecule has 4 aromatic rings. The van der Waals surface area contributed by atoms with E-state index in [0.717, 1.165) is 22.3 Å². The Labute approximate surface area is 147 Å². The average molecular weight is 350 g/mol. The van der Waals surface area contributed by atoms with Crippen molar-refractivity contribution in [2.45, 2.75) is 6.54 Å². The van der Waals surface area contributed by atoms with Crippen molar-refractivity contribution in [2.24, 2.45) is 0 Å². The topological polar surface area (TPSA) is 76.8 Å². The molecule has 0 unspecified atom stereocenters. The van der Waals surface area contributed by atoms with E-state index in [9.17, 15) is 4.79 Å². The fourth-order valence-electron chi connectivity index (χ4n) is 2.63. The van der Waals surface area contributed by atoms with Crippen LogP contribution in [0.25, 0.3) is 16.7 Å². The molecular weight excluding hydrogens is 336 g/mol. The third-order valence-corrected chi connectivity index (χ3v) is 4.45. The SMILES string of the molecule is CN(Cc1ccc2nsnc2c1)C(=O)c1cccc(-n2cnnc2)c1. The van der Waals surface area contributed by atoms with E-state index >= 15 is 0 Å². The zero-order valence-electron chi connectivity index (χ0n) is 13.4. The number of fused-ring (bicyclic) bond motifs is 1. The van der Waals surface area contributed by atoms with Crippen LogP contribution < -0.4 is 0 Å². The van der Waals surface area contributed by atoms with E-state index < -0.39 is 0 Å². The second-order valence-electron chi connectivity index (χ2n) is 5.67. The molecule has 0 radical (unpaired) electrons. The van der Waals surface area contributed by atoms with Gasteiger partial charge in [0.05, 0.1) is 11.7 Å². The normalized spacial score (nSPS) is 10.9. The summed E-state index contributed by atoms with van der Waals surface area (Å²) in [5, 5.41) is 7.58. The number of hydrogen-bond acceptors (Lipinski definition) is 6. The molecule has 2 aromatic heterocycles. The molecule has 4 rings (SSSR count). The van der Waals surface area contributed by atoms with Gasteiger partial charge in [-0.25, -0.2) is 0 Å². The molecule has 25 heavy (non-hydrogen) atoms. The lowest BCUT2D eigenvalue weighted by molar-refractivity contribution is 0.0785. The van der Waals surface area contributed by atoms with Gasteiger partial charge in [-0.1, -0.05) is 12.1 Å². The standard InChI is InChI=1S/C17H14N6OS/c1-22(9-12-5-6-15-16(7-12)21-25-20-15)17(24)13-3-2-4-14(8-13)23-10-18-19-11-23/h2-8,10-11H,9H2,1H3. The highest BCUT2D eigenvalue weighted by Crippen LogP contribution is 2.16. The molecule has 2 aromatic carbocycles. The van der Waals surface area contributed by atoms with Crippen molar-refractivity contribution in [3.05, 3.63) is 66.2 Å². The number of nitrogens with zero attached hydrogens (tertiary/aromatic N) is 6. The lowest BCUT2D eigenvalue weighted by Crippen LogP contribution is -2.26. The van der Waals surface area contributed by atoms with E-state index in [-0.39, 0.29) is 5.91 Å². The number of rotatable bonds is 4. The molecule has 0 saturated heterocycles. The molecule has 0 spiro atoms. The Kier molecular flexibility index (Phi) is 3.95. The summed E-state index contributed by atoms with van der Waals surface area (Å²) in [7, 11) is 1.79. The fraction of sp³-hybridized carbons (Fsp3) is 0.118. The lowest BCUT2D eigenvalue weighted by Gasteiger charge is -2.18. The van der Waals surface area contributed by atoms with Crippen molar-refractivity contribution in [1.82, 2.24) is 28.4 Å². The molecule has 2 heterocycles. The first kappa shape index (κ1) is 15.4. The zero-order valence-corrected chi connectivity index (χ0v) is 14.2. The first-order valence-electron chi connectivity index (χ1n) is 7.62. The van der Waals surface area contributed by atoms with Gasteiger partial charge in [0, 0.05) is 24.8 Å². The molecule has 0 bridgehead atoms. The van der Waals surface area contributed by atoms with Crippen LogP contribution in [0.1, 0.15) is 15.9 Å². The predicted molar refractivity (Wildman–Crippen MR) is 94.6 cm³/mol. The maximum Gasteiger partial charge on any atom is 0.253 e. The van der Waals surface area contributed by atoms with Gasteiger partial charge in [-0.2, -0.15) is 8.75 Å². The first-order chi connectivity index (χ1) is 12.2. The van der Waals surface area contributed by atoms with Crippen LogP contribution in [0.3, 0.4) is 0 Å². The summed E-state index contributed by atoms with van der Waals surface area (Å²) in [5.41, 5.74) is 4.22. The molecule has 0 atom stereocenters. The summed E-state index contributed by atoms with van der Waals surface area (Å²) >= 11 is 1.19. The third-order valence-electron chi connectivity index (χ3n) is 3.89. The molecule has 0 aliphatic rings. The van der Waals surface area contributed by atoms with Crippen LogP contribution in [-0.2, 0) is 6.54 Å². The summed E-state index contributed by atoms with van der Waals surface area (Å²) in [6, 6.07) is 13.3. The zero-order chi connectivity index (χ0) is 17.2. The molecule has 8 heteroatoms. The van der Waals surface area contributed by atoms with Crippen molar-refractivity contribution in [2.75, 3.05) is 7.05 Å². The van der Waals surface area contributed by atoms with E-state index in [2.05, 4.69) is 18.9 Å². The van der Waals surface area contributed by atoms with Crippen molar-refractivity contribution in [1.29, 1.82) is 0 Å². The molecular formula is C17H14N6OS.